The van der Waals surface area contributed by atoms with Crippen molar-refractivity contribution in [2.75, 3.05) is 13.2 Å². The third kappa shape index (κ3) is 4.59. The fourth-order valence-corrected chi connectivity index (χ4v) is 3.07. The molecular weight excluding hydrogens is 318 g/mol. The number of ether oxygens (including phenoxy) is 2. The molecular formula is C20H23NO4. The summed E-state index contributed by atoms with van der Waals surface area (Å²) in [4.78, 5) is 11.0. The molecule has 132 valence electrons. The number of nitrogens with two attached hydrogens (primary N) is 1. The van der Waals surface area contributed by atoms with Crippen LogP contribution in [-0.4, -0.2) is 30.3 Å². The van der Waals surface area contributed by atoms with Gasteiger partial charge in [-0.2, -0.15) is 0 Å². The lowest BCUT2D eigenvalue weighted by Gasteiger charge is -2.26. The highest BCUT2D eigenvalue weighted by Crippen LogP contribution is 2.32. The van der Waals surface area contributed by atoms with Gasteiger partial charge in [-0.1, -0.05) is 24.3 Å². The number of benzene rings is 2. The summed E-state index contributed by atoms with van der Waals surface area (Å²) in [7, 11) is 0. The fourth-order valence-electron chi connectivity index (χ4n) is 3.07. The minimum Gasteiger partial charge on any atom is -0.491 e. The molecule has 1 aliphatic rings. The third-order valence-corrected chi connectivity index (χ3v) is 4.39. The smallest absolute Gasteiger partial charge is 0.248 e. The molecule has 3 N–H and O–H groups in total. The molecule has 0 aliphatic heterocycles. The van der Waals surface area contributed by atoms with Gasteiger partial charge in [-0.15, -0.1) is 0 Å². The SMILES string of the molecule is NC(=O)c1ccc(OCC(O)COC2CCCc3ccccc32)cc1. The van der Waals surface area contributed by atoms with Gasteiger partial charge in [0.25, 0.3) is 0 Å². The van der Waals surface area contributed by atoms with Crippen molar-refractivity contribution >= 4 is 5.91 Å². The van der Waals surface area contributed by atoms with Crippen LogP contribution in [0.2, 0.25) is 0 Å². The lowest BCUT2D eigenvalue weighted by molar-refractivity contribution is -0.0313. The molecule has 0 bridgehead atoms. The van der Waals surface area contributed by atoms with Crippen LogP contribution in [0.3, 0.4) is 0 Å². The fraction of sp³-hybridized carbons (Fsp3) is 0.350. The van der Waals surface area contributed by atoms with E-state index < -0.39 is 12.0 Å². The van der Waals surface area contributed by atoms with Crippen molar-refractivity contribution in [2.24, 2.45) is 5.73 Å². The number of rotatable bonds is 7. The summed E-state index contributed by atoms with van der Waals surface area (Å²) in [6.45, 7) is 0.350. The van der Waals surface area contributed by atoms with Crippen molar-refractivity contribution in [3.8, 4) is 5.75 Å². The van der Waals surface area contributed by atoms with Crippen LogP contribution in [0, 0.1) is 0 Å². The van der Waals surface area contributed by atoms with Gasteiger partial charge in [0.05, 0.1) is 12.7 Å². The summed E-state index contributed by atoms with van der Waals surface area (Å²) < 4.78 is 11.4. The Morgan fingerprint density at radius 1 is 1.16 bits per heavy atom. The Hall–Kier alpha value is -2.37. The second-order valence-corrected chi connectivity index (χ2v) is 6.27. The van der Waals surface area contributed by atoms with E-state index in [1.807, 2.05) is 12.1 Å². The van der Waals surface area contributed by atoms with Crippen LogP contribution in [0.15, 0.2) is 48.5 Å². The molecule has 0 radical (unpaired) electrons. The molecule has 25 heavy (non-hydrogen) atoms. The van der Waals surface area contributed by atoms with Crippen molar-refractivity contribution < 1.29 is 19.4 Å². The van der Waals surface area contributed by atoms with Gasteiger partial charge in [-0.05, 0) is 54.7 Å². The number of carbonyl (C=O) groups excluding carboxylic acids is 1. The number of aliphatic hydroxyl groups excluding tert-OH is 1. The summed E-state index contributed by atoms with van der Waals surface area (Å²) in [6, 6.07) is 14.8. The largest absolute Gasteiger partial charge is 0.491 e. The maximum Gasteiger partial charge on any atom is 0.248 e. The molecule has 0 saturated heterocycles. The van der Waals surface area contributed by atoms with E-state index in [4.69, 9.17) is 15.2 Å². The van der Waals surface area contributed by atoms with Crippen molar-refractivity contribution in [1.82, 2.24) is 0 Å². The maximum atomic E-state index is 11.0. The number of hydrogen-bond acceptors (Lipinski definition) is 4. The topological polar surface area (TPSA) is 81.8 Å². The van der Waals surface area contributed by atoms with Crippen molar-refractivity contribution in [1.29, 1.82) is 0 Å². The van der Waals surface area contributed by atoms with Gasteiger partial charge in [-0.3, -0.25) is 4.79 Å². The van der Waals surface area contributed by atoms with Crippen LogP contribution in [0.5, 0.6) is 5.75 Å². The first-order valence-electron chi connectivity index (χ1n) is 8.53. The summed E-state index contributed by atoms with van der Waals surface area (Å²) in [5.74, 6) is 0.0970. The Morgan fingerprint density at radius 2 is 1.92 bits per heavy atom. The molecule has 0 spiro atoms. The van der Waals surface area contributed by atoms with Crippen LogP contribution in [-0.2, 0) is 11.2 Å². The first kappa shape index (κ1) is 17.5. The number of amides is 1. The predicted octanol–water partition coefficient (Wildman–Crippen LogP) is 2.62. The molecule has 5 nitrogen and oxygen atoms in total. The van der Waals surface area contributed by atoms with E-state index in [2.05, 4.69) is 12.1 Å². The lowest BCUT2D eigenvalue weighted by Crippen LogP contribution is -2.25. The lowest BCUT2D eigenvalue weighted by atomic mass is 9.89. The zero-order valence-corrected chi connectivity index (χ0v) is 14.1. The van der Waals surface area contributed by atoms with E-state index in [1.54, 1.807) is 24.3 Å². The second-order valence-electron chi connectivity index (χ2n) is 6.27. The molecule has 2 aromatic rings. The van der Waals surface area contributed by atoms with E-state index in [0.717, 1.165) is 19.3 Å². The predicted molar refractivity (Wildman–Crippen MR) is 94.5 cm³/mol. The summed E-state index contributed by atoms with van der Waals surface area (Å²) in [6.07, 6.45) is 2.47. The molecule has 1 aliphatic carbocycles. The van der Waals surface area contributed by atoms with Crippen LogP contribution >= 0.6 is 0 Å². The van der Waals surface area contributed by atoms with Gasteiger partial charge in [0.2, 0.25) is 5.91 Å². The van der Waals surface area contributed by atoms with E-state index in [9.17, 15) is 9.90 Å². The Bertz CT molecular complexity index is 714. The van der Waals surface area contributed by atoms with Gasteiger partial charge < -0.3 is 20.3 Å². The Balaban J connectivity index is 1.47. The maximum absolute atomic E-state index is 11.0. The molecule has 0 heterocycles. The molecule has 2 aromatic carbocycles. The van der Waals surface area contributed by atoms with Crippen LogP contribution in [0.4, 0.5) is 0 Å². The average Bonchev–Trinajstić information content (AvgIpc) is 2.65. The zero-order chi connectivity index (χ0) is 17.6. The summed E-state index contributed by atoms with van der Waals surface area (Å²) in [5.41, 5.74) is 8.18. The minimum atomic E-state index is -0.718. The van der Waals surface area contributed by atoms with Crippen molar-refractivity contribution in [3.63, 3.8) is 0 Å². The zero-order valence-electron chi connectivity index (χ0n) is 14.1. The molecule has 5 heteroatoms. The average molecular weight is 341 g/mol. The molecule has 2 atom stereocenters. The highest BCUT2D eigenvalue weighted by atomic mass is 16.5. The second kappa shape index (κ2) is 8.14. The molecule has 2 unspecified atom stereocenters. The Morgan fingerprint density at radius 3 is 2.68 bits per heavy atom. The number of aryl methyl sites for hydroxylation is 1. The first-order valence-corrected chi connectivity index (χ1v) is 8.53. The van der Waals surface area contributed by atoms with E-state index in [-0.39, 0.29) is 19.3 Å². The Labute approximate surface area is 147 Å². The monoisotopic (exact) mass is 341 g/mol. The normalized spacial score (nSPS) is 17.6. The van der Waals surface area contributed by atoms with Crippen LogP contribution < -0.4 is 10.5 Å². The number of primary amides is 1. The summed E-state index contributed by atoms with van der Waals surface area (Å²) in [5, 5.41) is 10.1. The minimum absolute atomic E-state index is 0.0365. The molecule has 0 saturated carbocycles. The van der Waals surface area contributed by atoms with Gasteiger partial charge in [0.15, 0.2) is 0 Å². The Kier molecular flexibility index (Phi) is 5.68. The third-order valence-electron chi connectivity index (χ3n) is 4.39. The van der Waals surface area contributed by atoms with Gasteiger partial charge >= 0.3 is 0 Å². The number of aliphatic hydroxyl groups is 1. The highest BCUT2D eigenvalue weighted by Gasteiger charge is 2.21. The molecule has 0 aromatic heterocycles. The van der Waals surface area contributed by atoms with Crippen molar-refractivity contribution in [3.05, 3.63) is 65.2 Å². The van der Waals surface area contributed by atoms with Crippen LogP contribution in [0.1, 0.15) is 40.4 Å². The number of hydrogen-bond donors (Lipinski definition) is 2. The van der Waals surface area contributed by atoms with E-state index in [1.165, 1.54) is 11.1 Å². The molecule has 0 fully saturated rings. The van der Waals surface area contributed by atoms with Crippen molar-refractivity contribution in [2.45, 2.75) is 31.5 Å². The quantitative estimate of drug-likeness (QED) is 0.811. The molecule has 1 amide bonds. The highest BCUT2D eigenvalue weighted by molar-refractivity contribution is 5.92. The summed E-state index contributed by atoms with van der Waals surface area (Å²) >= 11 is 0. The number of fused-ring (bicyclic) bond motifs is 1. The number of carbonyl (C=O) groups is 1. The van der Waals surface area contributed by atoms with Gasteiger partial charge in [-0.25, -0.2) is 0 Å². The standard InChI is InChI=1S/C20H23NO4/c21-20(23)15-8-10-17(11-9-15)24-12-16(22)13-25-19-7-3-5-14-4-1-2-6-18(14)19/h1-2,4,6,8-11,16,19,22H,3,5,7,12-13H2,(H2,21,23). The van der Waals surface area contributed by atoms with Gasteiger partial charge in [0, 0.05) is 5.56 Å². The van der Waals surface area contributed by atoms with Crippen LogP contribution in [0.25, 0.3) is 0 Å². The molecule has 3 rings (SSSR count). The van der Waals surface area contributed by atoms with E-state index in [0.29, 0.717) is 11.3 Å². The first-order chi connectivity index (χ1) is 12.1. The van der Waals surface area contributed by atoms with E-state index >= 15 is 0 Å². The van der Waals surface area contributed by atoms with Gasteiger partial charge in [0.1, 0.15) is 18.5 Å².